The minimum absolute atomic E-state index is 0.638. The summed E-state index contributed by atoms with van der Waals surface area (Å²) in [5, 5.41) is 9.51. The SMILES string of the molecule is Cc1ccccc1Cn1c(C#N)cc(N)c1N1CCC[C@@H](C)C1. The summed E-state index contributed by atoms with van der Waals surface area (Å²) in [5.74, 6) is 1.67. The third-order valence-electron chi connectivity index (χ3n) is 4.76. The first-order valence-electron chi connectivity index (χ1n) is 8.28. The number of nitrogens with zero attached hydrogens (tertiary/aromatic N) is 3. The molecule has 1 saturated heterocycles. The molecule has 0 unspecified atom stereocenters. The molecule has 0 bridgehead atoms. The Morgan fingerprint density at radius 1 is 1.35 bits per heavy atom. The molecule has 1 aliphatic heterocycles. The molecule has 2 N–H and O–H groups in total. The second-order valence-corrected chi connectivity index (χ2v) is 6.63. The van der Waals surface area contributed by atoms with Crippen molar-refractivity contribution in [2.24, 2.45) is 5.92 Å². The molecule has 4 nitrogen and oxygen atoms in total. The lowest BCUT2D eigenvalue weighted by Crippen LogP contribution is -2.36. The molecule has 3 rings (SSSR count). The monoisotopic (exact) mass is 308 g/mol. The van der Waals surface area contributed by atoms with Crippen molar-refractivity contribution in [2.45, 2.75) is 33.2 Å². The van der Waals surface area contributed by atoms with Gasteiger partial charge in [-0.2, -0.15) is 5.26 Å². The molecule has 0 amide bonds. The van der Waals surface area contributed by atoms with E-state index in [1.54, 1.807) is 0 Å². The highest BCUT2D eigenvalue weighted by atomic mass is 15.3. The molecule has 1 aromatic heterocycles. The van der Waals surface area contributed by atoms with Crippen LogP contribution in [0.2, 0.25) is 0 Å². The number of nitriles is 1. The first kappa shape index (κ1) is 15.5. The molecule has 23 heavy (non-hydrogen) atoms. The number of hydrogen-bond acceptors (Lipinski definition) is 3. The zero-order chi connectivity index (χ0) is 16.4. The van der Waals surface area contributed by atoms with E-state index in [0.717, 1.165) is 18.9 Å². The Balaban J connectivity index is 2.01. The number of aryl methyl sites for hydroxylation is 1. The topological polar surface area (TPSA) is 58.0 Å². The Kier molecular flexibility index (Phi) is 4.29. The lowest BCUT2D eigenvalue weighted by Gasteiger charge is -2.34. The molecular weight excluding hydrogens is 284 g/mol. The highest BCUT2D eigenvalue weighted by Crippen LogP contribution is 2.32. The Bertz CT molecular complexity index is 738. The summed E-state index contributed by atoms with van der Waals surface area (Å²) in [6.45, 7) is 7.09. The van der Waals surface area contributed by atoms with Crippen LogP contribution in [0.15, 0.2) is 30.3 Å². The molecule has 2 aromatic rings. The number of nitrogen functional groups attached to an aromatic ring is 1. The molecule has 1 aliphatic rings. The van der Waals surface area contributed by atoms with Crippen LogP contribution in [0.3, 0.4) is 0 Å². The van der Waals surface area contributed by atoms with E-state index < -0.39 is 0 Å². The van der Waals surface area contributed by atoms with Gasteiger partial charge in [-0.25, -0.2) is 0 Å². The maximum atomic E-state index is 9.51. The number of hydrogen-bond donors (Lipinski definition) is 1. The van der Waals surface area contributed by atoms with Gasteiger partial charge in [0.05, 0.1) is 12.2 Å². The van der Waals surface area contributed by atoms with E-state index in [4.69, 9.17) is 5.73 Å². The van der Waals surface area contributed by atoms with Crippen molar-refractivity contribution in [3.8, 4) is 6.07 Å². The van der Waals surface area contributed by atoms with E-state index in [0.29, 0.717) is 23.8 Å². The number of anilines is 2. The van der Waals surface area contributed by atoms with E-state index in [2.05, 4.69) is 41.5 Å². The number of benzene rings is 1. The van der Waals surface area contributed by atoms with Crippen LogP contribution in [0.1, 0.15) is 36.6 Å². The number of nitrogens with two attached hydrogens (primary N) is 1. The normalized spacial score (nSPS) is 18.0. The first-order chi connectivity index (χ1) is 11.1. The Labute approximate surface area is 138 Å². The first-order valence-corrected chi connectivity index (χ1v) is 8.28. The summed E-state index contributed by atoms with van der Waals surface area (Å²) in [6, 6.07) is 12.4. The van der Waals surface area contributed by atoms with Crippen molar-refractivity contribution in [1.29, 1.82) is 5.26 Å². The molecule has 4 heteroatoms. The van der Waals surface area contributed by atoms with Gasteiger partial charge in [0.2, 0.25) is 0 Å². The molecule has 120 valence electrons. The van der Waals surface area contributed by atoms with Crippen LogP contribution in [0, 0.1) is 24.2 Å². The molecule has 0 saturated carbocycles. The molecule has 1 aromatic carbocycles. The highest BCUT2D eigenvalue weighted by Gasteiger charge is 2.23. The van der Waals surface area contributed by atoms with E-state index in [1.165, 1.54) is 24.0 Å². The maximum Gasteiger partial charge on any atom is 0.133 e. The van der Waals surface area contributed by atoms with Crippen LogP contribution in [0.25, 0.3) is 0 Å². The summed E-state index contributed by atoms with van der Waals surface area (Å²) >= 11 is 0. The zero-order valence-electron chi connectivity index (χ0n) is 13.9. The van der Waals surface area contributed by atoms with Gasteiger partial charge in [0.1, 0.15) is 17.6 Å². The predicted molar refractivity (Wildman–Crippen MR) is 94.5 cm³/mol. The molecular formula is C19H24N4. The Morgan fingerprint density at radius 3 is 2.83 bits per heavy atom. The minimum atomic E-state index is 0.638. The minimum Gasteiger partial charge on any atom is -0.396 e. The van der Waals surface area contributed by atoms with E-state index >= 15 is 0 Å². The standard InChI is InChI=1S/C19H24N4/c1-14-6-5-9-22(12-14)19-18(21)10-17(11-20)23(19)13-16-8-4-3-7-15(16)2/h3-4,7-8,10,14H,5-6,9,12-13,21H2,1-2H3/t14-/m1/s1. The Morgan fingerprint density at radius 2 is 2.13 bits per heavy atom. The zero-order valence-corrected chi connectivity index (χ0v) is 13.9. The molecule has 0 spiro atoms. The quantitative estimate of drug-likeness (QED) is 0.943. The number of aromatic nitrogens is 1. The molecule has 2 heterocycles. The van der Waals surface area contributed by atoms with E-state index in [9.17, 15) is 5.26 Å². The van der Waals surface area contributed by atoms with Gasteiger partial charge in [-0.15, -0.1) is 0 Å². The van der Waals surface area contributed by atoms with Gasteiger partial charge < -0.3 is 15.2 Å². The van der Waals surface area contributed by atoms with Gasteiger partial charge in [0.25, 0.3) is 0 Å². The largest absolute Gasteiger partial charge is 0.396 e. The van der Waals surface area contributed by atoms with Crippen molar-refractivity contribution >= 4 is 11.5 Å². The van der Waals surface area contributed by atoms with Crippen LogP contribution in [0.4, 0.5) is 11.5 Å². The summed E-state index contributed by atoms with van der Waals surface area (Å²) in [6.07, 6.45) is 2.44. The Hall–Kier alpha value is -2.41. The van der Waals surface area contributed by atoms with Gasteiger partial charge in [-0.3, -0.25) is 0 Å². The lowest BCUT2D eigenvalue weighted by atomic mass is 10.0. The van der Waals surface area contributed by atoms with E-state index in [1.807, 2.05) is 18.2 Å². The molecule has 1 atom stereocenters. The van der Waals surface area contributed by atoms with Gasteiger partial charge >= 0.3 is 0 Å². The second kappa shape index (κ2) is 6.37. The van der Waals surface area contributed by atoms with Crippen molar-refractivity contribution < 1.29 is 0 Å². The van der Waals surface area contributed by atoms with Crippen LogP contribution < -0.4 is 10.6 Å². The lowest BCUT2D eigenvalue weighted by molar-refractivity contribution is 0.441. The maximum absolute atomic E-state index is 9.51. The van der Waals surface area contributed by atoms with Crippen LogP contribution >= 0.6 is 0 Å². The van der Waals surface area contributed by atoms with Gasteiger partial charge in [-0.1, -0.05) is 31.2 Å². The van der Waals surface area contributed by atoms with Crippen molar-refractivity contribution in [3.63, 3.8) is 0 Å². The van der Waals surface area contributed by atoms with Crippen molar-refractivity contribution in [2.75, 3.05) is 23.7 Å². The summed E-state index contributed by atoms with van der Waals surface area (Å²) in [4.78, 5) is 2.35. The van der Waals surface area contributed by atoms with Crippen LogP contribution in [-0.2, 0) is 6.54 Å². The molecule has 0 radical (unpaired) electrons. The average molecular weight is 308 g/mol. The number of piperidine rings is 1. The third-order valence-corrected chi connectivity index (χ3v) is 4.76. The summed E-state index contributed by atoms with van der Waals surface area (Å²) in [5.41, 5.74) is 10.1. The van der Waals surface area contributed by atoms with Gasteiger partial charge in [0, 0.05) is 13.1 Å². The fraction of sp³-hybridized carbons (Fsp3) is 0.421. The van der Waals surface area contributed by atoms with Crippen LogP contribution in [-0.4, -0.2) is 17.7 Å². The van der Waals surface area contributed by atoms with Crippen LogP contribution in [0.5, 0.6) is 0 Å². The fourth-order valence-corrected chi connectivity index (χ4v) is 3.51. The molecule has 1 fully saturated rings. The highest BCUT2D eigenvalue weighted by molar-refractivity contribution is 5.68. The second-order valence-electron chi connectivity index (χ2n) is 6.63. The fourth-order valence-electron chi connectivity index (χ4n) is 3.51. The van der Waals surface area contributed by atoms with Crippen molar-refractivity contribution in [1.82, 2.24) is 4.57 Å². The summed E-state index contributed by atoms with van der Waals surface area (Å²) < 4.78 is 2.08. The summed E-state index contributed by atoms with van der Waals surface area (Å²) in [7, 11) is 0. The van der Waals surface area contributed by atoms with E-state index in [-0.39, 0.29) is 0 Å². The van der Waals surface area contributed by atoms with Gasteiger partial charge in [0.15, 0.2) is 0 Å². The van der Waals surface area contributed by atoms with Gasteiger partial charge in [-0.05, 0) is 42.9 Å². The smallest absolute Gasteiger partial charge is 0.133 e. The third kappa shape index (κ3) is 3.05. The van der Waals surface area contributed by atoms with Crippen molar-refractivity contribution in [3.05, 3.63) is 47.2 Å². The molecule has 0 aliphatic carbocycles. The number of rotatable bonds is 3. The average Bonchev–Trinajstić information content (AvgIpc) is 2.85. The predicted octanol–water partition coefficient (Wildman–Crippen LogP) is 3.54.